The van der Waals surface area contributed by atoms with E-state index in [1.165, 1.54) is 11.1 Å². The molecule has 0 saturated carbocycles. The quantitative estimate of drug-likeness (QED) is 0.545. The lowest BCUT2D eigenvalue weighted by Crippen LogP contribution is -2.35. The Morgan fingerprint density at radius 3 is 3.07 bits per heavy atom. The van der Waals surface area contributed by atoms with E-state index in [1.54, 1.807) is 17.5 Å². The number of H-pyrrole nitrogens is 1. The molecule has 1 amide bonds. The third kappa shape index (κ3) is 3.38. The maximum absolute atomic E-state index is 12.8. The van der Waals surface area contributed by atoms with Crippen LogP contribution in [0.5, 0.6) is 0 Å². The highest BCUT2D eigenvalue weighted by atomic mass is 32.1. The van der Waals surface area contributed by atoms with Crippen LogP contribution < -0.4 is 0 Å². The molecule has 7 heteroatoms. The van der Waals surface area contributed by atoms with Crippen molar-refractivity contribution in [2.75, 3.05) is 13.1 Å². The second kappa shape index (κ2) is 7.33. The van der Waals surface area contributed by atoms with Crippen LogP contribution in [0.2, 0.25) is 0 Å². The summed E-state index contributed by atoms with van der Waals surface area (Å²) in [6, 6.07) is 7.96. The van der Waals surface area contributed by atoms with Crippen LogP contribution in [0.15, 0.2) is 52.5 Å². The van der Waals surface area contributed by atoms with E-state index in [4.69, 9.17) is 4.42 Å². The van der Waals surface area contributed by atoms with Crippen molar-refractivity contribution in [1.82, 2.24) is 19.9 Å². The van der Waals surface area contributed by atoms with Gasteiger partial charge in [-0.15, -0.1) is 11.3 Å². The summed E-state index contributed by atoms with van der Waals surface area (Å²) in [6.07, 6.45) is 7.02. The normalized spacial score (nSPS) is 14.4. The molecule has 4 aromatic heterocycles. The van der Waals surface area contributed by atoms with Crippen molar-refractivity contribution in [3.8, 4) is 10.8 Å². The van der Waals surface area contributed by atoms with Crippen molar-refractivity contribution in [1.29, 1.82) is 0 Å². The molecule has 0 fully saturated rings. The van der Waals surface area contributed by atoms with Crippen LogP contribution in [-0.2, 0) is 11.2 Å². The van der Waals surface area contributed by atoms with E-state index < -0.39 is 0 Å². The molecule has 0 aromatic carbocycles. The van der Waals surface area contributed by atoms with Crippen LogP contribution in [-0.4, -0.2) is 38.8 Å². The molecule has 0 saturated heterocycles. The van der Waals surface area contributed by atoms with Gasteiger partial charge in [-0.25, -0.2) is 9.97 Å². The van der Waals surface area contributed by atoms with Crippen molar-refractivity contribution >= 4 is 33.9 Å². The average molecular weight is 404 g/mol. The topological polar surface area (TPSA) is 75.0 Å². The minimum absolute atomic E-state index is 0.0787. The van der Waals surface area contributed by atoms with Crippen molar-refractivity contribution in [3.05, 3.63) is 65.1 Å². The summed E-state index contributed by atoms with van der Waals surface area (Å²) >= 11 is 1.58. The number of pyridine rings is 1. The minimum atomic E-state index is 0.0787. The number of thiophene rings is 1. The molecule has 0 atom stereocenters. The molecule has 0 bridgehead atoms. The predicted molar refractivity (Wildman–Crippen MR) is 114 cm³/mol. The fourth-order valence-corrected chi connectivity index (χ4v) is 4.36. The van der Waals surface area contributed by atoms with Gasteiger partial charge in [0.1, 0.15) is 11.4 Å². The first-order valence-corrected chi connectivity index (χ1v) is 10.5. The van der Waals surface area contributed by atoms with E-state index in [0.29, 0.717) is 24.7 Å². The molecule has 5 heterocycles. The van der Waals surface area contributed by atoms with Gasteiger partial charge < -0.3 is 14.3 Å². The number of aromatic nitrogens is 3. The lowest BCUT2D eigenvalue weighted by atomic mass is 9.99. The zero-order valence-electron chi connectivity index (χ0n) is 16.0. The predicted octanol–water partition coefficient (Wildman–Crippen LogP) is 4.45. The first-order chi connectivity index (χ1) is 14.2. The molecule has 5 rings (SSSR count). The molecule has 4 aromatic rings. The average Bonchev–Trinajstić information content (AvgIpc) is 3.48. The summed E-state index contributed by atoms with van der Waals surface area (Å²) < 4.78 is 5.76. The Labute approximate surface area is 171 Å². The number of oxazole rings is 1. The largest absolute Gasteiger partial charge is 0.440 e. The van der Waals surface area contributed by atoms with Crippen LogP contribution in [0.3, 0.4) is 0 Å². The summed E-state index contributed by atoms with van der Waals surface area (Å²) in [5, 5.41) is 3.11. The molecule has 146 valence electrons. The molecular weight excluding hydrogens is 384 g/mol. The maximum atomic E-state index is 12.8. The second-order valence-corrected chi connectivity index (χ2v) is 8.04. The van der Waals surface area contributed by atoms with Gasteiger partial charge in [-0.1, -0.05) is 12.1 Å². The van der Waals surface area contributed by atoms with Crippen molar-refractivity contribution in [2.24, 2.45) is 0 Å². The Morgan fingerprint density at radius 1 is 1.34 bits per heavy atom. The maximum Gasteiger partial charge on any atom is 0.236 e. The van der Waals surface area contributed by atoms with E-state index >= 15 is 0 Å². The number of nitrogens with one attached hydrogen (secondary N) is 1. The Kier molecular flexibility index (Phi) is 4.52. The van der Waals surface area contributed by atoms with E-state index in [0.717, 1.165) is 28.0 Å². The Balaban J connectivity index is 1.29. The van der Waals surface area contributed by atoms with Gasteiger partial charge in [0, 0.05) is 36.4 Å². The van der Waals surface area contributed by atoms with E-state index in [1.807, 2.05) is 41.6 Å². The van der Waals surface area contributed by atoms with Gasteiger partial charge in [0.05, 0.1) is 17.0 Å². The van der Waals surface area contributed by atoms with E-state index in [9.17, 15) is 4.79 Å². The molecule has 0 spiro atoms. The molecular formula is C22H20N4O2S. The number of carbonyl (C=O) groups is 1. The fourth-order valence-electron chi connectivity index (χ4n) is 3.71. The van der Waals surface area contributed by atoms with Crippen LogP contribution in [0.4, 0.5) is 0 Å². The summed E-state index contributed by atoms with van der Waals surface area (Å²) in [5.74, 6) is 1.38. The third-order valence-electron chi connectivity index (χ3n) is 5.30. The Morgan fingerprint density at radius 2 is 2.28 bits per heavy atom. The highest BCUT2D eigenvalue weighted by Gasteiger charge is 2.22. The summed E-state index contributed by atoms with van der Waals surface area (Å²) in [4.78, 5) is 27.8. The smallest absolute Gasteiger partial charge is 0.236 e. The van der Waals surface area contributed by atoms with Crippen molar-refractivity contribution < 1.29 is 9.21 Å². The number of rotatable bonds is 4. The highest BCUT2D eigenvalue weighted by molar-refractivity contribution is 7.13. The van der Waals surface area contributed by atoms with Gasteiger partial charge in [0.25, 0.3) is 0 Å². The van der Waals surface area contributed by atoms with Gasteiger partial charge in [-0.2, -0.15) is 0 Å². The van der Waals surface area contributed by atoms with Crippen LogP contribution >= 0.6 is 11.3 Å². The van der Waals surface area contributed by atoms with Crippen LogP contribution in [0, 0.1) is 6.92 Å². The SMILES string of the molecule is Cc1oc(-c2cccs2)nc1CC(=O)N1CC=C(c2c[nH]c3ncccc23)CC1. The number of fused-ring (bicyclic) bond motifs is 1. The number of amides is 1. The minimum Gasteiger partial charge on any atom is -0.440 e. The molecule has 6 nitrogen and oxygen atoms in total. The first-order valence-electron chi connectivity index (χ1n) is 9.58. The van der Waals surface area contributed by atoms with Crippen molar-refractivity contribution in [2.45, 2.75) is 19.8 Å². The van der Waals surface area contributed by atoms with Crippen LogP contribution in [0.1, 0.15) is 23.4 Å². The Hall–Kier alpha value is -3.19. The molecule has 0 radical (unpaired) electrons. The number of hydrogen-bond acceptors (Lipinski definition) is 5. The fraction of sp³-hybridized carbons (Fsp3) is 0.227. The lowest BCUT2D eigenvalue weighted by Gasteiger charge is -2.26. The number of carbonyl (C=O) groups excluding carboxylic acids is 1. The summed E-state index contributed by atoms with van der Waals surface area (Å²) in [6.45, 7) is 3.17. The van der Waals surface area contributed by atoms with Crippen LogP contribution in [0.25, 0.3) is 27.4 Å². The molecule has 1 N–H and O–H groups in total. The highest BCUT2D eigenvalue weighted by Crippen LogP contribution is 2.29. The lowest BCUT2D eigenvalue weighted by molar-refractivity contribution is -0.130. The molecule has 0 aliphatic carbocycles. The number of hydrogen-bond donors (Lipinski definition) is 1. The number of aromatic amines is 1. The van der Waals surface area contributed by atoms with E-state index in [-0.39, 0.29) is 12.3 Å². The monoisotopic (exact) mass is 404 g/mol. The van der Waals surface area contributed by atoms with Crippen molar-refractivity contribution in [3.63, 3.8) is 0 Å². The van der Waals surface area contributed by atoms with Gasteiger partial charge in [-0.05, 0) is 42.5 Å². The number of nitrogens with zero attached hydrogens (tertiary/aromatic N) is 3. The molecule has 0 unspecified atom stereocenters. The van der Waals surface area contributed by atoms with Gasteiger partial charge in [-0.3, -0.25) is 4.79 Å². The van der Waals surface area contributed by atoms with E-state index in [2.05, 4.69) is 27.1 Å². The standard InChI is InChI=1S/C22H20N4O2S/c1-14-18(25-22(28-14)19-5-3-11-29-19)12-20(27)26-9-6-15(7-10-26)17-13-24-21-16(17)4-2-8-23-21/h2-6,8,11,13H,7,9-10,12H2,1H3,(H,23,24). The summed E-state index contributed by atoms with van der Waals surface area (Å²) in [5.41, 5.74) is 4.04. The second-order valence-electron chi connectivity index (χ2n) is 7.10. The summed E-state index contributed by atoms with van der Waals surface area (Å²) in [7, 11) is 0. The van der Waals surface area contributed by atoms with Gasteiger partial charge >= 0.3 is 0 Å². The van der Waals surface area contributed by atoms with Gasteiger partial charge in [0.2, 0.25) is 11.8 Å². The first kappa shape index (κ1) is 17.9. The molecule has 1 aliphatic rings. The molecule has 1 aliphatic heterocycles. The molecule has 29 heavy (non-hydrogen) atoms. The number of aryl methyl sites for hydroxylation is 1. The van der Waals surface area contributed by atoms with Gasteiger partial charge in [0.15, 0.2) is 0 Å². The third-order valence-corrected chi connectivity index (χ3v) is 6.16. The zero-order chi connectivity index (χ0) is 19.8. The zero-order valence-corrected chi connectivity index (χ0v) is 16.8. The Bertz CT molecular complexity index is 1200.